The van der Waals surface area contributed by atoms with Gasteiger partial charge in [0.1, 0.15) is 0 Å². The minimum absolute atomic E-state index is 0.265. The first kappa shape index (κ1) is 43.1. The first-order valence-electron chi connectivity index (χ1n) is 25.8. The number of hydrogen-bond acceptors (Lipinski definition) is 6. The fourth-order valence-electron chi connectivity index (χ4n) is 13.7. The lowest BCUT2D eigenvalue weighted by molar-refractivity contribution is 0.658. The zero-order chi connectivity index (χ0) is 49.9. The van der Waals surface area contributed by atoms with E-state index in [0.717, 1.165) is 94.6 Å². The van der Waals surface area contributed by atoms with Crippen molar-refractivity contribution in [1.82, 2.24) is 19.9 Å². The summed E-state index contributed by atoms with van der Waals surface area (Å²) in [5.74, 6) is 0. The SMILES string of the molecule is CC1(C)c2ccccc2-c2cc3c(cc21)N(c1c2ccccc2c(N2c4ccccc4C(c4cccnc4)(c4cccnc4)c4ccccc42)c2ccccc12)c1ccccc1C3(c1cccnc1)c1cccnc1. The molecular formula is C69H48N6. The summed E-state index contributed by atoms with van der Waals surface area (Å²) in [7, 11) is 0. The molecule has 3 aliphatic rings. The van der Waals surface area contributed by atoms with Gasteiger partial charge in [0.05, 0.1) is 45.0 Å². The minimum atomic E-state index is -0.788. The van der Waals surface area contributed by atoms with E-state index in [4.69, 9.17) is 19.9 Å². The van der Waals surface area contributed by atoms with E-state index in [0.29, 0.717) is 0 Å². The zero-order valence-electron chi connectivity index (χ0n) is 41.4. The number of anilines is 6. The van der Waals surface area contributed by atoms with Gasteiger partial charge in [-0.25, -0.2) is 0 Å². The number of aromatic nitrogens is 4. The summed E-state index contributed by atoms with van der Waals surface area (Å²) >= 11 is 0. The zero-order valence-corrected chi connectivity index (χ0v) is 41.4. The third-order valence-corrected chi connectivity index (χ3v) is 16.7. The third-order valence-electron chi connectivity index (χ3n) is 16.7. The molecule has 0 unspecified atom stereocenters. The Morgan fingerprint density at radius 2 is 0.640 bits per heavy atom. The molecule has 6 heterocycles. The Morgan fingerprint density at radius 3 is 1.04 bits per heavy atom. The second kappa shape index (κ2) is 16.2. The molecule has 0 atom stereocenters. The van der Waals surface area contributed by atoms with Crippen LogP contribution in [0.15, 0.2) is 256 Å². The van der Waals surface area contributed by atoms with Gasteiger partial charge in [-0.15, -0.1) is 0 Å². The number of para-hydroxylation sites is 3. The predicted octanol–water partition coefficient (Wildman–Crippen LogP) is 16.2. The summed E-state index contributed by atoms with van der Waals surface area (Å²) in [5.41, 5.74) is 19.0. The van der Waals surface area contributed by atoms with Crippen LogP contribution in [0.2, 0.25) is 0 Å². The van der Waals surface area contributed by atoms with E-state index in [1.54, 1.807) is 0 Å². The van der Waals surface area contributed by atoms with Crippen LogP contribution in [0, 0.1) is 0 Å². The van der Waals surface area contributed by atoms with Crippen molar-refractivity contribution < 1.29 is 0 Å². The van der Waals surface area contributed by atoms with E-state index in [9.17, 15) is 0 Å². The van der Waals surface area contributed by atoms with Gasteiger partial charge in [-0.3, -0.25) is 19.9 Å². The lowest BCUT2D eigenvalue weighted by Gasteiger charge is -2.48. The number of pyridine rings is 4. The Labute approximate surface area is 436 Å². The highest BCUT2D eigenvalue weighted by Crippen LogP contribution is 2.64. The summed E-state index contributed by atoms with van der Waals surface area (Å²) in [6.07, 6.45) is 15.6. The molecule has 0 radical (unpaired) electrons. The third kappa shape index (κ3) is 5.79. The number of benzene rings is 8. The lowest BCUT2D eigenvalue weighted by Crippen LogP contribution is -2.38. The molecule has 0 bridgehead atoms. The topological polar surface area (TPSA) is 58.0 Å². The molecule has 0 N–H and O–H groups in total. The molecule has 12 aromatic rings. The van der Waals surface area contributed by atoms with Crippen molar-refractivity contribution in [3.05, 3.63) is 311 Å². The maximum atomic E-state index is 4.85. The van der Waals surface area contributed by atoms with Gasteiger partial charge in [0.15, 0.2) is 0 Å². The van der Waals surface area contributed by atoms with Crippen molar-refractivity contribution in [1.29, 1.82) is 0 Å². The normalized spacial score (nSPS) is 15.1. The Hall–Kier alpha value is -9.52. The monoisotopic (exact) mass is 960 g/mol. The van der Waals surface area contributed by atoms with Crippen LogP contribution >= 0.6 is 0 Å². The molecule has 0 fully saturated rings. The summed E-state index contributed by atoms with van der Waals surface area (Å²) in [6.45, 7) is 4.76. The standard InChI is InChI=1S/C69H48N6/c1-67(2)55-28-8-7-23-49(55)54-39-60-64(40-59(54)67)75(63-34-14-11-31-58(63)69(60,47-21-17-37-72-43-47)48-22-18-38-73-44-48)66-52-26-5-3-24-50(52)65(51-25-4-6-27-53(51)66)74-61-32-12-9-29-56(61)68(45-19-15-35-70-41-45,46-20-16-36-71-42-46)57-30-10-13-33-62(57)74/h3-44H,1-2H3. The summed E-state index contributed by atoms with van der Waals surface area (Å²) in [4.78, 5) is 24.3. The van der Waals surface area contributed by atoms with Crippen LogP contribution in [0.25, 0.3) is 32.7 Å². The predicted molar refractivity (Wildman–Crippen MR) is 303 cm³/mol. The molecule has 15 rings (SSSR count). The summed E-state index contributed by atoms with van der Waals surface area (Å²) in [6, 6.07) is 76.2. The second-order valence-corrected chi connectivity index (χ2v) is 20.6. The van der Waals surface area contributed by atoms with Crippen LogP contribution in [0.4, 0.5) is 34.1 Å². The molecule has 6 nitrogen and oxygen atoms in total. The molecule has 354 valence electrons. The molecule has 1 aliphatic carbocycles. The van der Waals surface area contributed by atoms with Crippen molar-refractivity contribution >= 4 is 55.7 Å². The lowest BCUT2D eigenvalue weighted by atomic mass is 9.62. The van der Waals surface area contributed by atoms with Gasteiger partial charge < -0.3 is 9.80 Å². The molecule has 4 aromatic heterocycles. The van der Waals surface area contributed by atoms with E-state index < -0.39 is 10.8 Å². The molecule has 75 heavy (non-hydrogen) atoms. The van der Waals surface area contributed by atoms with Crippen molar-refractivity contribution in [3.63, 3.8) is 0 Å². The van der Waals surface area contributed by atoms with Gasteiger partial charge in [-0.05, 0) is 121 Å². The average molecular weight is 961 g/mol. The van der Waals surface area contributed by atoms with Crippen LogP contribution in [0.3, 0.4) is 0 Å². The van der Waals surface area contributed by atoms with Crippen LogP contribution in [0.5, 0.6) is 0 Å². The molecule has 0 saturated heterocycles. The van der Waals surface area contributed by atoms with E-state index in [1.807, 2.05) is 49.3 Å². The van der Waals surface area contributed by atoms with E-state index in [-0.39, 0.29) is 5.41 Å². The van der Waals surface area contributed by atoms with Gasteiger partial charge >= 0.3 is 0 Å². The first-order chi connectivity index (χ1) is 37.0. The largest absolute Gasteiger partial charge is 0.309 e. The maximum Gasteiger partial charge on any atom is 0.0772 e. The Bertz CT molecular complexity index is 4050. The quantitative estimate of drug-likeness (QED) is 0.155. The van der Waals surface area contributed by atoms with Gasteiger partial charge in [0.2, 0.25) is 0 Å². The smallest absolute Gasteiger partial charge is 0.0772 e. The molecule has 6 heteroatoms. The number of rotatable bonds is 6. The average Bonchev–Trinajstić information content (AvgIpc) is 3.78. The van der Waals surface area contributed by atoms with Crippen LogP contribution in [-0.2, 0) is 16.2 Å². The molecule has 0 spiro atoms. The first-order valence-corrected chi connectivity index (χ1v) is 25.8. The second-order valence-electron chi connectivity index (χ2n) is 20.6. The van der Waals surface area contributed by atoms with Crippen LogP contribution < -0.4 is 9.80 Å². The molecular weight excluding hydrogens is 913 g/mol. The fraction of sp³-hybridized carbons (Fsp3) is 0.0725. The van der Waals surface area contributed by atoms with Crippen molar-refractivity contribution in [2.75, 3.05) is 9.80 Å². The summed E-state index contributed by atoms with van der Waals surface area (Å²) in [5, 5.41) is 4.54. The maximum absolute atomic E-state index is 4.85. The Kier molecular flexibility index (Phi) is 9.33. The van der Waals surface area contributed by atoms with Crippen molar-refractivity contribution in [2.45, 2.75) is 30.1 Å². The van der Waals surface area contributed by atoms with Gasteiger partial charge in [0, 0.05) is 76.5 Å². The van der Waals surface area contributed by atoms with Crippen LogP contribution in [-0.4, -0.2) is 19.9 Å². The number of hydrogen-bond donors (Lipinski definition) is 0. The Balaban J connectivity index is 1.07. The van der Waals surface area contributed by atoms with Crippen LogP contribution in [0.1, 0.15) is 69.5 Å². The summed E-state index contributed by atoms with van der Waals surface area (Å²) < 4.78 is 0. The van der Waals surface area contributed by atoms with E-state index >= 15 is 0 Å². The molecule has 2 aliphatic heterocycles. The van der Waals surface area contributed by atoms with Gasteiger partial charge in [-0.1, -0.05) is 166 Å². The molecule has 0 saturated carbocycles. The molecule has 0 amide bonds. The minimum Gasteiger partial charge on any atom is -0.309 e. The van der Waals surface area contributed by atoms with Gasteiger partial charge in [0.25, 0.3) is 0 Å². The fourth-order valence-corrected chi connectivity index (χ4v) is 13.7. The Morgan fingerprint density at radius 1 is 0.293 bits per heavy atom. The highest BCUT2D eigenvalue weighted by molar-refractivity contribution is 6.24. The van der Waals surface area contributed by atoms with Crippen molar-refractivity contribution in [3.8, 4) is 11.1 Å². The number of fused-ring (bicyclic) bond motifs is 9. The molecule has 8 aromatic carbocycles. The van der Waals surface area contributed by atoms with E-state index in [2.05, 4.69) is 230 Å². The number of nitrogens with zero attached hydrogens (tertiary/aromatic N) is 6. The van der Waals surface area contributed by atoms with Gasteiger partial charge in [-0.2, -0.15) is 0 Å². The van der Waals surface area contributed by atoms with Crippen molar-refractivity contribution in [2.24, 2.45) is 0 Å². The highest BCUT2D eigenvalue weighted by Gasteiger charge is 2.51. The highest BCUT2D eigenvalue weighted by atomic mass is 15.2. The van der Waals surface area contributed by atoms with E-state index in [1.165, 1.54) is 27.8 Å².